The summed E-state index contributed by atoms with van der Waals surface area (Å²) in [4.78, 5) is 24.7. The van der Waals surface area contributed by atoms with Crippen LogP contribution in [0.15, 0.2) is 74.8 Å². The minimum Gasteiger partial charge on any atom is -0.496 e. The topological polar surface area (TPSA) is 86.5 Å². The second-order valence-corrected chi connectivity index (χ2v) is 7.54. The van der Waals surface area contributed by atoms with E-state index in [4.69, 9.17) is 14.0 Å². The molecule has 7 heteroatoms. The van der Waals surface area contributed by atoms with Crippen LogP contribution < -0.4 is 20.9 Å². The van der Waals surface area contributed by atoms with Crippen LogP contribution in [0.2, 0.25) is 0 Å². The molecule has 0 amide bonds. The highest BCUT2D eigenvalue weighted by atomic mass is 16.5. The molecule has 0 aliphatic carbocycles. The molecule has 32 heavy (non-hydrogen) atoms. The number of hydrogen-bond acceptors (Lipinski definition) is 5. The molecule has 1 heterocycles. The third-order valence-electron chi connectivity index (χ3n) is 5.32. The summed E-state index contributed by atoms with van der Waals surface area (Å²) in [6.45, 7) is 4.69. The van der Waals surface area contributed by atoms with E-state index in [0.29, 0.717) is 12.4 Å². The van der Waals surface area contributed by atoms with Gasteiger partial charge in [-0.25, -0.2) is 14.6 Å². The maximum atomic E-state index is 11.6. The fourth-order valence-corrected chi connectivity index (χ4v) is 3.81. The highest BCUT2D eigenvalue weighted by molar-refractivity contribution is 5.77. The van der Waals surface area contributed by atoms with E-state index in [1.807, 2.05) is 36.4 Å². The summed E-state index contributed by atoms with van der Waals surface area (Å²) in [5.41, 5.74) is 5.75. The molecule has 0 spiro atoms. The molecule has 0 fully saturated rings. The van der Waals surface area contributed by atoms with Crippen LogP contribution in [-0.2, 0) is 13.2 Å². The zero-order chi connectivity index (χ0) is 22.7. The third kappa shape index (κ3) is 4.37. The van der Waals surface area contributed by atoms with Crippen molar-refractivity contribution >= 4 is 0 Å². The van der Waals surface area contributed by atoms with Crippen LogP contribution in [0.4, 0.5) is 0 Å². The van der Waals surface area contributed by atoms with Crippen molar-refractivity contribution in [1.29, 1.82) is 0 Å². The molecule has 0 aliphatic rings. The second kappa shape index (κ2) is 9.01. The Balaban J connectivity index is 1.52. The van der Waals surface area contributed by atoms with Crippen molar-refractivity contribution in [2.45, 2.75) is 27.0 Å². The van der Waals surface area contributed by atoms with Gasteiger partial charge in [-0.05, 0) is 48.2 Å². The third-order valence-corrected chi connectivity index (χ3v) is 5.32. The lowest BCUT2D eigenvalue weighted by atomic mass is 9.93. The molecule has 1 aromatic heterocycles. The molecule has 0 saturated carbocycles. The number of H-pyrrole nitrogens is 1. The summed E-state index contributed by atoms with van der Waals surface area (Å²) in [6, 6.07) is 19.6. The van der Waals surface area contributed by atoms with Gasteiger partial charge in [-0.1, -0.05) is 48.5 Å². The zero-order valence-corrected chi connectivity index (χ0v) is 18.2. The number of benzene rings is 3. The van der Waals surface area contributed by atoms with Crippen molar-refractivity contribution in [2.75, 3.05) is 7.11 Å². The van der Waals surface area contributed by atoms with E-state index in [0.717, 1.165) is 27.2 Å². The Kier molecular flexibility index (Phi) is 5.98. The van der Waals surface area contributed by atoms with Gasteiger partial charge in [-0.15, -0.1) is 4.74 Å². The lowest BCUT2D eigenvalue weighted by molar-refractivity contribution is 0.258. The van der Waals surface area contributed by atoms with Gasteiger partial charge in [0.15, 0.2) is 0 Å². The normalized spacial score (nSPS) is 10.8. The van der Waals surface area contributed by atoms with Gasteiger partial charge in [0, 0.05) is 11.1 Å². The van der Waals surface area contributed by atoms with E-state index in [2.05, 4.69) is 43.1 Å². The van der Waals surface area contributed by atoms with Crippen molar-refractivity contribution in [3.63, 3.8) is 0 Å². The largest absolute Gasteiger partial charge is 0.496 e. The van der Waals surface area contributed by atoms with E-state index in [1.165, 1.54) is 16.7 Å². The summed E-state index contributed by atoms with van der Waals surface area (Å²) in [5, 5.41) is 0. The first-order valence-electron chi connectivity index (χ1n) is 10.2. The highest BCUT2D eigenvalue weighted by Gasteiger charge is 2.15. The number of aromatic amines is 1. The SMILES string of the molecule is COc1c(COc2ccc(Cn3oc(=O)[nH]c3=O)cc2)cccc1-c1c(C)cccc1C. The van der Waals surface area contributed by atoms with Crippen LogP contribution in [0.1, 0.15) is 22.3 Å². The van der Waals surface area contributed by atoms with Crippen LogP contribution in [0.3, 0.4) is 0 Å². The minimum atomic E-state index is -0.771. The van der Waals surface area contributed by atoms with E-state index in [-0.39, 0.29) is 6.54 Å². The Bertz CT molecular complexity index is 1330. The molecule has 0 saturated heterocycles. The van der Waals surface area contributed by atoms with Crippen molar-refractivity contribution in [3.05, 3.63) is 104 Å². The molecule has 0 aliphatic heterocycles. The molecule has 0 atom stereocenters. The van der Waals surface area contributed by atoms with Crippen molar-refractivity contribution in [1.82, 2.24) is 9.72 Å². The van der Waals surface area contributed by atoms with Gasteiger partial charge < -0.3 is 14.0 Å². The monoisotopic (exact) mass is 432 g/mol. The average Bonchev–Trinajstić information content (AvgIpc) is 3.09. The van der Waals surface area contributed by atoms with Crippen molar-refractivity contribution < 1.29 is 14.0 Å². The summed E-state index contributed by atoms with van der Waals surface area (Å²) in [7, 11) is 1.67. The van der Waals surface area contributed by atoms with Crippen LogP contribution in [0.5, 0.6) is 11.5 Å². The molecular weight excluding hydrogens is 408 g/mol. The Labute approximate surface area is 184 Å². The zero-order valence-electron chi connectivity index (χ0n) is 18.2. The number of nitrogens with one attached hydrogen (secondary N) is 1. The first kappa shape index (κ1) is 21.2. The molecule has 0 bridgehead atoms. The minimum absolute atomic E-state index is 0.156. The first-order chi connectivity index (χ1) is 15.5. The number of hydrogen-bond donors (Lipinski definition) is 1. The first-order valence-corrected chi connectivity index (χ1v) is 10.2. The number of aryl methyl sites for hydroxylation is 2. The molecule has 4 rings (SSSR count). The van der Waals surface area contributed by atoms with E-state index < -0.39 is 11.4 Å². The molecule has 164 valence electrons. The van der Waals surface area contributed by atoms with Gasteiger partial charge >= 0.3 is 11.4 Å². The van der Waals surface area contributed by atoms with Crippen molar-refractivity contribution in [2.24, 2.45) is 0 Å². The number of aromatic nitrogens is 2. The van der Waals surface area contributed by atoms with Gasteiger partial charge in [-0.3, -0.25) is 0 Å². The lowest BCUT2D eigenvalue weighted by Crippen LogP contribution is -2.17. The molecule has 7 nitrogen and oxygen atoms in total. The number of rotatable bonds is 7. The van der Waals surface area contributed by atoms with E-state index in [9.17, 15) is 9.59 Å². The molecular formula is C25H24N2O5. The summed E-state index contributed by atoms with van der Waals surface area (Å²) in [6.07, 6.45) is 0. The maximum Gasteiger partial charge on any atom is 0.440 e. The summed E-state index contributed by atoms with van der Waals surface area (Å²) >= 11 is 0. The van der Waals surface area contributed by atoms with Crippen LogP contribution in [0.25, 0.3) is 11.1 Å². The van der Waals surface area contributed by atoms with Gasteiger partial charge in [0.25, 0.3) is 0 Å². The van der Waals surface area contributed by atoms with Crippen LogP contribution >= 0.6 is 0 Å². The smallest absolute Gasteiger partial charge is 0.440 e. The molecule has 0 unspecified atom stereocenters. The quantitative estimate of drug-likeness (QED) is 0.476. The summed E-state index contributed by atoms with van der Waals surface area (Å²) in [5.74, 6) is 0.701. The Hall–Kier alpha value is -4.00. The fraction of sp³-hybridized carbons (Fsp3) is 0.200. The Morgan fingerprint density at radius 3 is 2.25 bits per heavy atom. The fourth-order valence-electron chi connectivity index (χ4n) is 3.81. The van der Waals surface area contributed by atoms with Crippen LogP contribution in [-0.4, -0.2) is 16.8 Å². The van der Waals surface area contributed by atoms with Gasteiger partial charge in [0.1, 0.15) is 18.1 Å². The van der Waals surface area contributed by atoms with Crippen molar-refractivity contribution in [3.8, 4) is 22.6 Å². The second-order valence-electron chi connectivity index (χ2n) is 7.54. The molecule has 4 aromatic rings. The predicted molar refractivity (Wildman–Crippen MR) is 121 cm³/mol. The predicted octanol–water partition coefficient (Wildman–Crippen LogP) is 4.05. The van der Waals surface area contributed by atoms with Gasteiger partial charge in [0.05, 0.1) is 13.7 Å². The average molecular weight is 432 g/mol. The number of nitrogens with zero attached hydrogens (tertiary/aromatic N) is 1. The van der Waals surface area contributed by atoms with Crippen LogP contribution in [0, 0.1) is 13.8 Å². The Morgan fingerprint density at radius 1 is 0.938 bits per heavy atom. The van der Waals surface area contributed by atoms with Gasteiger partial charge in [0.2, 0.25) is 0 Å². The Morgan fingerprint density at radius 2 is 1.62 bits per heavy atom. The molecule has 3 aromatic carbocycles. The van der Waals surface area contributed by atoms with E-state index >= 15 is 0 Å². The standard InChI is InChI=1S/C25H24N2O5/c1-16-6-4-7-17(2)22(16)21-9-5-8-19(23(21)30-3)15-31-20-12-10-18(11-13-20)14-27-24(28)26-25(29)32-27/h4-13H,14-15H2,1-3H3,(H,26,28,29). The van der Waals surface area contributed by atoms with E-state index in [1.54, 1.807) is 7.11 Å². The maximum absolute atomic E-state index is 11.6. The lowest BCUT2D eigenvalue weighted by Gasteiger charge is -2.17. The number of methoxy groups -OCH3 is 1. The van der Waals surface area contributed by atoms with Gasteiger partial charge in [-0.2, -0.15) is 0 Å². The summed E-state index contributed by atoms with van der Waals surface area (Å²) < 4.78 is 17.5. The number of ether oxygens (including phenoxy) is 2. The molecule has 0 radical (unpaired) electrons. The number of para-hydroxylation sites is 1. The molecule has 1 N–H and O–H groups in total. The highest BCUT2D eigenvalue weighted by Crippen LogP contribution is 2.37.